The van der Waals surface area contributed by atoms with E-state index in [-0.39, 0.29) is 0 Å². The minimum atomic E-state index is -4.83. The maximum atomic E-state index is 14.0. The molecule has 5 N–H and O–H groups in total. The van der Waals surface area contributed by atoms with Crippen molar-refractivity contribution in [1.82, 2.24) is 10.2 Å². The lowest BCUT2D eigenvalue weighted by atomic mass is 10.0. The van der Waals surface area contributed by atoms with Crippen molar-refractivity contribution in [3.05, 3.63) is 0 Å². The first kappa shape index (κ1) is 18.2. The highest BCUT2D eigenvalue weighted by molar-refractivity contribution is 7.46. The van der Waals surface area contributed by atoms with E-state index in [9.17, 15) is 28.8 Å². The Bertz CT molecular complexity index is 552. The molecule has 0 aromatic rings. The van der Waals surface area contributed by atoms with Gasteiger partial charge in [0.1, 0.15) is 18.3 Å². The first-order valence-corrected chi connectivity index (χ1v) is 7.98. The van der Waals surface area contributed by atoms with Crippen molar-refractivity contribution in [3.8, 4) is 0 Å². The molecular formula is C10H16FN2O9P. The molecule has 0 aliphatic carbocycles. The van der Waals surface area contributed by atoms with Gasteiger partial charge < -0.3 is 24.7 Å². The van der Waals surface area contributed by atoms with Crippen LogP contribution in [0.15, 0.2) is 0 Å². The third-order valence-electron chi connectivity index (χ3n) is 3.47. The standard InChI is InChI=1S/C10H16FN2O9P/c1-10(11)3-13(9(17)12-8(10)16)7-6(15)5(14)4(22-7)2-21-23(18,19)20/h4-7,14-15H,2-3H2,1H3,(H,12,16,17)(H2,18,19,20)/t4-,5-,6-,7-,10+/m1/s1. The van der Waals surface area contributed by atoms with E-state index in [1.807, 2.05) is 0 Å². The summed E-state index contributed by atoms with van der Waals surface area (Å²) >= 11 is 0. The monoisotopic (exact) mass is 358 g/mol. The smallest absolute Gasteiger partial charge is 0.387 e. The van der Waals surface area contributed by atoms with Crippen LogP contribution in [-0.2, 0) is 18.6 Å². The zero-order valence-electron chi connectivity index (χ0n) is 11.8. The molecule has 13 heteroatoms. The van der Waals surface area contributed by atoms with E-state index in [0.29, 0.717) is 4.90 Å². The van der Waals surface area contributed by atoms with Crippen LogP contribution in [0.3, 0.4) is 0 Å². The molecule has 2 aliphatic rings. The van der Waals surface area contributed by atoms with Gasteiger partial charge in [0.15, 0.2) is 6.23 Å². The summed E-state index contributed by atoms with van der Waals surface area (Å²) in [6.07, 6.45) is -6.20. The van der Waals surface area contributed by atoms with E-state index in [2.05, 4.69) is 4.52 Å². The van der Waals surface area contributed by atoms with Crippen molar-refractivity contribution in [3.63, 3.8) is 0 Å². The number of phosphoric ester groups is 1. The molecule has 2 fully saturated rings. The Labute approximate surface area is 129 Å². The van der Waals surface area contributed by atoms with Crippen LogP contribution in [0.5, 0.6) is 0 Å². The number of phosphoric acid groups is 1. The molecule has 11 nitrogen and oxygen atoms in total. The van der Waals surface area contributed by atoms with Gasteiger partial charge in [0.2, 0.25) is 5.67 Å². The summed E-state index contributed by atoms with van der Waals surface area (Å²) in [5, 5.41) is 21.5. The number of nitrogens with one attached hydrogen (secondary N) is 1. The lowest BCUT2D eigenvalue weighted by Gasteiger charge is -2.38. The summed E-state index contributed by atoms with van der Waals surface area (Å²) in [5.41, 5.74) is -2.43. The number of imide groups is 1. The van der Waals surface area contributed by atoms with Gasteiger partial charge in [-0.3, -0.25) is 19.5 Å². The highest BCUT2D eigenvalue weighted by atomic mass is 31.2. The van der Waals surface area contributed by atoms with Crippen LogP contribution >= 0.6 is 7.82 Å². The molecule has 2 heterocycles. The van der Waals surface area contributed by atoms with E-state index in [1.54, 1.807) is 5.32 Å². The van der Waals surface area contributed by atoms with E-state index >= 15 is 0 Å². The number of carbonyl (C=O) groups excluding carboxylic acids is 2. The molecule has 2 rings (SSSR count). The van der Waals surface area contributed by atoms with Gasteiger partial charge in [-0.05, 0) is 6.92 Å². The van der Waals surface area contributed by atoms with Crippen molar-refractivity contribution in [2.75, 3.05) is 13.2 Å². The SMILES string of the molecule is C[C@]1(F)CN([C@@H]2O[C@H](COP(=O)(O)O)[C@@H](O)[C@H]2O)C(=O)NC1=O. The maximum absolute atomic E-state index is 14.0. The van der Waals surface area contributed by atoms with Crippen molar-refractivity contribution in [2.45, 2.75) is 37.1 Å². The number of halogens is 1. The van der Waals surface area contributed by atoms with E-state index in [4.69, 9.17) is 14.5 Å². The Kier molecular flexibility index (Phi) is 4.79. The Balaban J connectivity index is 2.09. The van der Waals surface area contributed by atoms with Gasteiger partial charge in [-0.25, -0.2) is 13.8 Å². The number of hydrogen-bond acceptors (Lipinski definition) is 7. The zero-order valence-corrected chi connectivity index (χ0v) is 12.7. The second-order valence-electron chi connectivity index (χ2n) is 5.42. The normalized spacial score (nSPS) is 38.8. The molecular weight excluding hydrogens is 342 g/mol. The fraction of sp³-hybridized carbons (Fsp3) is 0.800. The number of hydrogen-bond donors (Lipinski definition) is 5. The summed E-state index contributed by atoms with van der Waals surface area (Å²) in [4.78, 5) is 41.0. The molecule has 2 saturated heterocycles. The first-order valence-electron chi connectivity index (χ1n) is 6.45. The van der Waals surface area contributed by atoms with Crippen LogP contribution in [0.2, 0.25) is 0 Å². The summed E-state index contributed by atoms with van der Waals surface area (Å²) in [5.74, 6) is -1.15. The van der Waals surface area contributed by atoms with E-state index < -0.39 is 63.1 Å². The van der Waals surface area contributed by atoms with Crippen LogP contribution < -0.4 is 5.32 Å². The number of amides is 3. The molecule has 23 heavy (non-hydrogen) atoms. The molecule has 0 aromatic carbocycles. The third kappa shape index (κ3) is 3.86. The number of aliphatic hydroxyl groups excluding tert-OH is 2. The van der Waals surface area contributed by atoms with Crippen LogP contribution in [0.1, 0.15) is 6.92 Å². The third-order valence-corrected chi connectivity index (χ3v) is 3.96. The molecule has 3 amide bonds. The number of alkyl halides is 1. The minimum Gasteiger partial charge on any atom is -0.387 e. The maximum Gasteiger partial charge on any atom is 0.469 e. The Morgan fingerprint density at radius 1 is 1.43 bits per heavy atom. The Hall–Kier alpha value is -1.14. The molecule has 0 radical (unpaired) electrons. The summed E-state index contributed by atoms with van der Waals surface area (Å²) in [6, 6.07) is -1.03. The number of ether oxygens (including phenoxy) is 1. The fourth-order valence-electron chi connectivity index (χ4n) is 2.26. The van der Waals surface area contributed by atoms with Crippen molar-refractivity contribution >= 4 is 19.8 Å². The highest BCUT2D eigenvalue weighted by Crippen LogP contribution is 2.37. The van der Waals surface area contributed by atoms with Crippen molar-refractivity contribution in [1.29, 1.82) is 0 Å². The molecule has 0 aromatic heterocycles. The average Bonchev–Trinajstić information content (AvgIpc) is 2.68. The average molecular weight is 358 g/mol. The number of urea groups is 1. The van der Waals surface area contributed by atoms with Gasteiger partial charge in [0.05, 0.1) is 13.2 Å². The largest absolute Gasteiger partial charge is 0.469 e. The molecule has 0 saturated carbocycles. The van der Waals surface area contributed by atoms with Crippen molar-refractivity contribution in [2.24, 2.45) is 0 Å². The number of aliphatic hydroxyl groups is 2. The number of nitrogens with zero attached hydrogens (tertiary/aromatic N) is 1. The zero-order chi connectivity index (χ0) is 17.6. The van der Waals surface area contributed by atoms with Gasteiger partial charge in [0, 0.05) is 0 Å². The predicted octanol–water partition coefficient (Wildman–Crippen LogP) is -2.18. The van der Waals surface area contributed by atoms with Crippen LogP contribution in [0.25, 0.3) is 0 Å². The van der Waals surface area contributed by atoms with E-state index in [0.717, 1.165) is 6.92 Å². The lowest BCUT2D eigenvalue weighted by molar-refractivity contribution is -0.141. The summed E-state index contributed by atoms with van der Waals surface area (Å²) in [6.45, 7) is -0.563. The van der Waals surface area contributed by atoms with Crippen LogP contribution in [-0.4, -0.2) is 80.2 Å². The minimum absolute atomic E-state index is 0.673. The molecule has 2 aliphatic heterocycles. The second kappa shape index (κ2) is 6.06. The predicted molar refractivity (Wildman–Crippen MR) is 68.4 cm³/mol. The van der Waals surface area contributed by atoms with Gasteiger partial charge >= 0.3 is 13.9 Å². The summed E-state index contributed by atoms with van der Waals surface area (Å²) in [7, 11) is -4.83. The Morgan fingerprint density at radius 3 is 2.61 bits per heavy atom. The molecule has 0 spiro atoms. The fourth-order valence-corrected chi connectivity index (χ4v) is 2.60. The van der Waals surface area contributed by atoms with Gasteiger partial charge in [0.25, 0.3) is 5.91 Å². The topological polar surface area (TPSA) is 166 Å². The van der Waals surface area contributed by atoms with Crippen LogP contribution in [0, 0.1) is 0 Å². The number of carbonyl (C=O) groups is 2. The first-order chi connectivity index (χ1) is 10.4. The Morgan fingerprint density at radius 2 is 2.04 bits per heavy atom. The quantitative estimate of drug-likeness (QED) is 0.351. The highest BCUT2D eigenvalue weighted by Gasteiger charge is 2.52. The molecule has 0 bridgehead atoms. The molecule has 132 valence electrons. The lowest BCUT2D eigenvalue weighted by Crippen LogP contribution is -2.65. The van der Waals surface area contributed by atoms with Gasteiger partial charge in [-0.2, -0.15) is 0 Å². The number of rotatable bonds is 4. The second-order valence-corrected chi connectivity index (χ2v) is 6.66. The van der Waals surface area contributed by atoms with Gasteiger partial charge in [-0.1, -0.05) is 0 Å². The van der Waals surface area contributed by atoms with Crippen LogP contribution in [0.4, 0.5) is 9.18 Å². The molecule has 5 atom stereocenters. The van der Waals surface area contributed by atoms with Gasteiger partial charge in [-0.15, -0.1) is 0 Å². The summed E-state index contributed by atoms with van der Waals surface area (Å²) < 4.78 is 34.0. The van der Waals surface area contributed by atoms with Crippen molar-refractivity contribution < 1.29 is 47.8 Å². The van der Waals surface area contributed by atoms with E-state index in [1.165, 1.54) is 0 Å². The molecule has 0 unspecified atom stereocenters.